The first kappa shape index (κ1) is 16.1. The fourth-order valence-electron chi connectivity index (χ4n) is 3.05. The van der Waals surface area contributed by atoms with Crippen LogP contribution in [0.1, 0.15) is 27.2 Å². The van der Waals surface area contributed by atoms with Gasteiger partial charge < -0.3 is 9.73 Å². The van der Waals surface area contributed by atoms with Crippen molar-refractivity contribution < 1.29 is 9.21 Å². The van der Waals surface area contributed by atoms with Crippen LogP contribution in [0, 0.1) is 13.8 Å². The predicted molar refractivity (Wildman–Crippen MR) is 101 cm³/mol. The highest BCUT2D eigenvalue weighted by atomic mass is 16.3. The topological polar surface area (TPSA) is 60.1 Å². The monoisotopic (exact) mass is 345 g/mol. The molecule has 2 aromatic heterocycles. The lowest BCUT2D eigenvalue weighted by Gasteiger charge is -2.08. The van der Waals surface area contributed by atoms with Crippen LogP contribution < -0.4 is 5.32 Å². The summed E-state index contributed by atoms with van der Waals surface area (Å²) < 4.78 is 7.54. The van der Waals surface area contributed by atoms with Crippen molar-refractivity contribution in [3.63, 3.8) is 0 Å². The largest absolute Gasteiger partial charge is 0.451 e. The van der Waals surface area contributed by atoms with Gasteiger partial charge in [-0.3, -0.25) is 4.79 Å². The van der Waals surface area contributed by atoms with Gasteiger partial charge in [-0.1, -0.05) is 42.0 Å². The lowest BCUT2D eigenvalue weighted by Crippen LogP contribution is -2.16. The van der Waals surface area contributed by atoms with Crippen LogP contribution in [-0.4, -0.2) is 15.7 Å². The number of anilines is 1. The number of aryl methyl sites for hydroxylation is 2. The van der Waals surface area contributed by atoms with E-state index in [0.29, 0.717) is 18.1 Å². The molecule has 2 heterocycles. The molecule has 0 aliphatic heterocycles. The van der Waals surface area contributed by atoms with E-state index < -0.39 is 0 Å². The van der Waals surface area contributed by atoms with E-state index in [1.54, 1.807) is 16.9 Å². The Kier molecular flexibility index (Phi) is 4.05. The lowest BCUT2D eigenvalue weighted by molar-refractivity contribution is 0.0997. The molecule has 130 valence electrons. The molecule has 0 bridgehead atoms. The molecule has 4 rings (SSSR count). The maximum atomic E-state index is 12.7. The minimum absolute atomic E-state index is 0.272. The molecule has 5 nitrogen and oxygen atoms in total. The van der Waals surface area contributed by atoms with E-state index in [-0.39, 0.29) is 5.91 Å². The van der Waals surface area contributed by atoms with Crippen molar-refractivity contribution in [3.8, 4) is 0 Å². The quantitative estimate of drug-likeness (QED) is 0.590. The van der Waals surface area contributed by atoms with Crippen LogP contribution in [0.4, 0.5) is 5.82 Å². The fraction of sp³-hybridized carbons (Fsp3) is 0.143. The average molecular weight is 345 g/mol. The first-order valence-electron chi connectivity index (χ1n) is 8.48. The van der Waals surface area contributed by atoms with Gasteiger partial charge in [0.1, 0.15) is 11.4 Å². The Morgan fingerprint density at radius 2 is 1.92 bits per heavy atom. The van der Waals surface area contributed by atoms with Crippen LogP contribution in [0.3, 0.4) is 0 Å². The molecule has 0 atom stereocenters. The number of amides is 1. The van der Waals surface area contributed by atoms with E-state index in [9.17, 15) is 4.79 Å². The molecule has 1 amide bonds. The Morgan fingerprint density at radius 3 is 2.73 bits per heavy atom. The van der Waals surface area contributed by atoms with Crippen LogP contribution in [0.5, 0.6) is 0 Å². The Balaban J connectivity index is 1.60. The van der Waals surface area contributed by atoms with E-state index in [4.69, 9.17) is 4.42 Å². The molecule has 5 heteroatoms. The van der Waals surface area contributed by atoms with Crippen LogP contribution in [0.15, 0.2) is 65.2 Å². The van der Waals surface area contributed by atoms with Gasteiger partial charge in [-0.05, 0) is 31.5 Å². The molecular weight excluding hydrogens is 326 g/mol. The molecule has 26 heavy (non-hydrogen) atoms. The molecular formula is C21H19N3O2. The zero-order valence-electron chi connectivity index (χ0n) is 14.7. The van der Waals surface area contributed by atoms with Crippen molar-refractivity contribution in [2.45, 2.75) is 20.4 Å². The summed E-state index contributed by atoms with van der Waals surface area (Å²) >= 11 is 0. The van der Waals surface area contributed by atoms with E-state index in [0.717, 1.165) is 27.7 Å². The summed E-state index contributed by atoms with van der Waals surface area (Å²) in [5, 5.41) is 8.18. The zero-order chi connectivity index (χ0) is 18.1. The molecule has 1 N–H and O–H groups in total. The molecule has 0 radical (unpaired) electrons. The molecule has 0 fully saturated rings. The van der Waals surface area contributed by atoms with Crippen molar-refractivity contribution in [1.82, 2.24) is 9.78 Å². The lowest BCUT2D eigenvalue weighted by atomic mass is 10.1. The fourth-order valence-corrected chi connectivity index (χ4v) is 3.05. The first-order valence-corrected chi connectivity index (χ1v) is 8.48. The average Bonchev–Trinajstić information content (AvgIpc) is 3.20. The number of hydrogen-bond acceptors (Lipinski definition) is 3. The molecule has 0 aliphatic carbocycles. The molecule has 4 aromatic rings. The van der Waals surface area contributed by atoms with Gasteiger partial charge in [0.2, 0.25) is 0 Å². The number of furan rings is 1. The number of benzene rings is 2. The van der Waals surface area contributed by atoms with Crippen LogP contribution in [0.2, 0.25) is 0 Å². The van der Waals surface area contributed by atoms with Gasteiger partial charge in [-0.25, -0.2) is 4.68 Å². The highest BCUT2D eigenvalue weighted by Crippen LogP contribution is 2.27. The number of carbonyl (C=O) groups excluding carboxylic acids is 1. The van der Waals surface area contributed by atoms with Crippen molar-refractivity contribution in [3.05, 3.63) is 83.2 Å². The van der Waals surface area contributed by atoms with Gasteiger partial charge in [-0.15, -0.1) is 0 Å². The van der Waals surface area contributed by atoms with Crippen LogP contribution in [-0.2, 0) is 6.54 Å². The summed E-state index contributed by atoms with van der Waals surface area (Å²) in [6.07, 6.45) is 1.67. The van der Waals surface area contributed by atoms with Gasteiger partial charge in [-0.2, -0.15) is 5.10 Å². The summed E-state index contributed by atoms with van der Waals surface area (Å²) in [5.41, 5.74) is 3.81. The molecule has 0 spiro atoms. The van der Waals surface area contributed by atoms with Crippen molar-refractivity contribution in [2.24, 2.45) is 0 Å². The van der Waals surface area contributed by atoms with E-state index in [1.165, 1.54) is 0 Å². The maximum Gasteiger partial charge on any atom is 0.292 e. The smallest absolute Gasteiger partial charge is 0.292 e. The van der Waals surface area contributed by atoms with Gasteiger partial charge in [0.15, 0.2) is 5.76 Å². The Bertz CT molecular complexity index is 1080. The molecule has 0 saturated carbocycles. The number of carbonyl (C=O) groups is 1. The Hall–Kier alpha value is -3.34. The Labute approximate surface area is 151 Å². The maximum absolute atomic E-state index is 12.7. The molecule has 2 aromatic carbocycles. The van der Waals surface area contributed by atoms with Crippen LogP contribution >= 0.6 is 0 Å². The number of hydrogen-bond donors (Lipinski definition) is 1. The predicted octanol–water partition coefficient (Wildman–Crippen LogP) is 4.55. The van der Waals surface area contributed by atoms with Gasteiger partial charge in [0.25, 0.3) is 5.91 Å². The number of nitrogens with zero attached hydrogens (tertiary/aromatic N) is 2. The second-order valence-electron chi connectivity index (χ2n) is 6.37. The third-order valence-electron chi connectivity index (χ3n) is 4.43. The van der Waals surface area contributed by atoms with Crippen LogP contribution in [0.25, 0.3) is 11.0 Å². The van der Waals surface area contributed by atoms with Gasteiger partial charge in [0.05, 0.1) is 12.7 Å². The molecule has 0 aliphatic rings. The van der Waals surface area contributed by atoms with E-state index in [1.807, 2.05) is 62.4 Å². The second-order valence-corrected chi connectivity index (χ2v) is 6.37. The van der Waals surface area contributed by atoms with Crippen molar-refractivity contribution in [1.29, 1.82) is 0 Å². The highest BCUT2D eigenvalue weighted by molar-refractivity contribution is 6.06. The number of nitrogens with one attached hydrogen (secondary N) is 1. The standard InChI is InChI=1S/C21H19N3O2/c1-14-8-9-18-17(12-14)15(2)20(26-18)21(25)23-19-10-11-22-24(19)13-16-6-4-3-5-7-16/h3-12H,13H2,1-2H3,(H,23,25). The third kappa shape index (κ3) is 2.99. The molecule has 0 unspecified atom stereocenters. The summed E-state index contributed by atoms with van der Waals surface area (Å²) in [7, 11) is 0. The summed E-state index contributed by atoms with van der Waals surface area (Å²) in [5.74, 6) is 0.694. The van der Waals surface area contributed by atoms with E-state index in [2.05, 4.69) is 10.4 Å². The van der Waals surface area contributed by atoms with Crippen molar-refractivity contribution >= 4 is 22.7 Å². The minimum atomic E-state index is -0.272. The number of fused-ring (bicyclic) bond motifs is 1. The van der Waals surface area contributed by atoms with Crippen molar-refractivity contribution in [2.75, 3.05) is 5.32 Å². The van der Waals surface area contributed by atoms with Gasteiger partial charge in [0, 0.05) is 17.0 Å². The first-order chi connectivity index (χ1) is 12.6. The normalized spacial score (nSPS) is 11.0. The summed E-state index contributed by atoms with van der Waals surface area (Å²) in [6.45, 7) is 4.51. The third-order valence-corrected chi connectivity index (χ3v) is 4.43. The summed E-state index contributed by atoms with van der Waals surface area (Å²) in [6, 6.07) is 17.7. The minimum Gasteiger partial charge on any atom is -0.451 e. The van der Waals surface area contributed by atoms with E-state index >= 15 is 0 Å². The number of rotatable bonds is 4. The molecule has 0 saturated heterocycles. The number of aromatic nitrogens is 2. The highest BCUT2D eigenvalue weighted by Gasteiger charge is 2.19. The Morgan fingerprint density at radius 1 is 1.12 bits per heavy atom. The SMILES string of the molecule is Cc1ccc2oc(C(=O)Nc3ccnn3Cc3ccccc3)c(C)c2c1. The zero-order valence-corrected chi connectivity index (χ0v) is 14.7. The van der Waals surface area contributed by atoms with Gasteiger partial charge >= 0.3 is 0 Å². The summed E-state index contributed by atoms with van der Waals surface area (Å²) in [4.78, 5) is 12.7. The second kappa shape index (κ2) is 6.52.